The van der Waals surface area contributed by atoms with Crippen LogP contribution in [0.4, 0.5) is 0 Å². The molecule has 0 bridgehead atoms. The summed E-state index contributed by atoms with van der Waals surface area (Å²) in [6.07, 6.45) is 5.01. The maximum absolute atomic E-state index is 11.6. The first-order valence-corrected chi connectivity index (χ1v) is 6.66. The largest absolute Gasteiger partial charge is 0.478 e. The van der Waals surface area contributed by atoms with Gasteiger partial charge in [0.2, 0.25) is 0 Å². The number of carboxylic acids is 1. The second kappa shape index (κ2) is 5.42. The highest BCUT2D eigenvalue weighted by molar-refractivity contribution is 6.35. The van der Waals surface area contributed by atoms with Crippen molar-refractivity contribution in [3.05, 3.63) is 64.9 Å². The molecule has 3 rings (SSSR count). The number of aromatic nitrogens is 2. The average Bonchev–Trinajstić information content (AvgIpc) is 2.89. The van der Waals surface area contributed by atoms with Crippen LogP contribution in [0.15, 0.2) is 48.8 Å². The fourth-order valence-electron chi connectivity index (χ4n) is 2.19. The molecule has 21 heavy (non-hydrogen) atoms. The van der Waals surface area contributed by atoms with E-state index in [9.17, 15) is 9.90 Å². The zero-order valence-electron chi connectivity index (χ0n) is 10.9. The van der Waals surface area contributed by atoms with Crippen LogP contribution in [-0.4, -0.2) is 21.0 Å². The van der Waals surface area contributed by atoms with Gasteiger partial charge in [0, 0.05) is 33.9 Å². The van der Waals surface area contributed by atoms with E-state index in [0.29, 0.717) is 16.2 Å². The summed E-state index contributed by atoms with van der Waals surface area (Å²) in [6.45, 7) is 0. The number of rotatable bonds is 3. The normalized spacial score (nSPS) is 11.8. The second-order valence-electron chi connectivity index (χ2n) is 4.49. The molecule has 1 aromatic carbocycles. The number of aromatic amines is 1. The van der Waals surface area contributed by atoms with E-state index < -0.39 is 5.97 Å². The Bertz CT molecular complexity index is 852. The lowest BCUT2D eigenvalue weighted by molar-refractivity contribution is -0.130. The molecule has 104 valence electrons. The number of H-pyrrole nitrogens is 1. The Hall–Kier alpha value is -2.59. The van der Waals surface area contributed by atoms with Crippen LogP contribution in [0, 0.1) is 0 Å². The van der Waals surface area contributed by atoms with Crippen molar-refractivity contribution >= 4 is 40.3 Å². The summed E-state index contributed by atoms with van der Waals surface area (Å²) in [4.78, 5) is 18.8. The van der Waals surface area contributed by atoms with Crippen molar-refractivity contribution in [2.45, 2.75) is 0 Å². The first kappa shape index (κ1) is 13.4. The van der Waals surface area contributed by atoms with Crippen LogP contribution in [0.3, 0.4) is 0 Å². The lowest BCUT2D eigenvalue weighted by atomic mass is 10.0. The van der Waals surface area contributed by atoms with Gasteiger partial charge in [-0.3, -0.25) is 0 Å². The molecule has 3 aromatic rings. The number of carboxylic acid groups (broad SMARTS) is 1. The summed E-state index contributed by atoms with van der Waals surface area (Å²) >= 11 is 6.10. The Kier molecular flexibility index (Phi) is 3.46. The highest BCUT2D eigenvalue weighted by Gasteiger charge is 2.14. The summed E-state index contributed by atoms with van der Waals surface area (Å²) in [5.74, 6) is -1.03. The number of pyridine rings is 1. The predicted molar refractivity (Wildman–Crippen MR) is 83.1 cm³/mol. The number of hydrogen-bond acceptors (Lipinski definition) is 2. The first-order chi connectivity index (χ1) is 10.2. The van der Waals surface area contributed by atoms with Gasteiger partial charge in [0.15, 0.2) is 0 Å². The summed E-state index contributed by atoms with van der Waals surface area (Å²) < 4.78 is 0. The number of fused-ring (bicyclic) bond motifs is 1. The van der Waals surface area contributed by atoms with Crippen LogP contribution in [0.1, 0.15) is 11.1 Å². The molecule has 2 N–H and O–H groups in total. The standard InChI is InChI=1S/C16H11ClN2O2/c17-14-6-2-1-4-12(14)13(16(20)21)8-10-9-19-15-11(10)5-3-7-18-15/h1-9H,(H,18,19)(H,20,21)/b13-8-. The van der Waals surface area contributed by atoms with E-state index >= 15 is 0 Å². The lowest BCUT2D eigenvalue weighted by Gasteiger charge is -2.05. The van der Waals surface area contributed by atoms with Gasteiger partial charge in [-0.25, -0.2) is 9.78 Å². The average molecular weight is 299 g/mol. The summed E-state index contributed by atoms with van der Waals surface area (Å²) in [5.41, 5.74) is 2.11. The van der Waals surface area contributed by atoms with Crippen LogP contribution >= 0.6 is 11.6 Å². The topological polar surface area (TPSA) is 66.0 Å². The van der Waals surface area contributed by atoms with Gasteiger partial charge < -0.3 is 10.1 Å². The Morgan fingerprint density at radius 1 is 1.24 bits per heavy atom. The highest BCUT2D eigenvalue weighted by Crippen LogP contribution is 2.27. The number of nitrogens with one attached hydrogen (secondary N) is 1. The molecule has 2 aromatic heterocycles. The van der Waals surface area contributed by atoms with E-state index in [4.69, 9.17) is 11.6 Å². The van der Waals surface area contributed by atoms with E-state index in [1.54, 1.807) is 42.7 Å². The maximum atomic E-state index is 11.6. The van der Waals surface area contributed by atoms with Crippen LogP contribution in [0.5, 0.6) is 0 Å². The van der Waals surface area contributed by atoms with Gasteiger partial charge in [0.25, 0.3) is 0 Å². The maximum Gasteiger partial charge on any atom is 0.336 e. The van der Waals surface area contributed by atoms with Crippen LogP contribution in [-0.2, 0) is 4.79 Å². The molecule has 5 heteroatoms. The number of benzene rings is 1. The number of hydrogen-bond donors (Lipinski definition) is 2. The third-order valence-electron chi connectivity index (χ3n) is 3.18. The summed E-state index contributed by atoms with van der Waals surface area (Å²) in [7, 11) is 0. The molecule has 0 aliphatic heterocycles. The molecule has 0 amide bonds. The highest BCUT2D eigenvalue weighted by atomic mass is 35.5. The Labute approximate surface area is 125 Å². The second-order valence-corrected chi connectivity index (χ2v) is 4.89. The molecule has 0 saturated heterocycles. The molecule has 2 heterocycles. The molecule has 0 unspecified atom stereocenters. The van der Waals surface area contributed by atoms with Gasteiger partial charge in [-0.05, 0) is 24.3 Å². The smallest absolute Gasteiger partial charge is 0.336 e. The minimum atomic E-state index is -1.03. The fraction of sp³-hybridized carbons (Fsp3) is 0. The van der Waals surface area contributed by atoms with E-state index in [2.05, 4.69) is 9.97 Å². The Balaban J connectivity index is 2.18. The third-order valence-corrected chi connectivity index (χ3v) is 3.51. The van der Waals surface area contributed by atoms with Crippen LogP contribution < -0.4 is 0 Å². The van der Waals surface area contributed by atoms with Crippen LogP contribution in [0.25, 0.3) is 22.7 Å². The minimum Gasteiger partial charge on any atom is -0.478 e. The van der Waals surface area contributed by atoms with E-state index in [0.717, 1.165) is 10.9 Å². The zero-order valence-corrected chi connectivity index (χ0v) is 11.6. The van der Waals surface area contributed by atoms with Gasteiger partial charge in [0.1, 0.15) is 5.65 Å². The lowest BCUT2D eigenvalue weighted by Crippen LogP contribution is -2.00. The quantitative estimate of drug-likeness (QED) is 0.722. The molecular formula is C16H11ClN2O2. The van der Waals surface area contributed by atoms with Crippen molar-refractivity contribution < 1.29 is 9.90 Å². The molecular weight excluding hydrogens is 288 g/mol. The molecule has 0 radical (unpaired) electrons. The molecule has 4 nitrogen and oxygen atoms in total. The number of aliphatic carboxylic acids is 1. The van der Waals surface area contributed by atoms with Crippen molar-refractivity contribution in [3.63, 3.8) is 0 Å². The monoisotopic (exact) mass is 298 g/mol. The van der Waals surface area contributed by atoms with Crippen molar-refractivity contribution in [1.82, 2.24) is 9.97 Å². The molecule has 0 atom stereocenters. The summed E-state index contributed by atoms with van der Waals surface area (Å²) in [6, 6.07) is 10.6. The van der Waals surface area contributed by atoms with E-state index in [1.165, 1.54) is 0 Å². The Morgan fingerprint density at radius 3 is 2.81 bits per heavy atom. The van der Waals surface area contributed by atoms with Gasteiger partial charge >= 0.3 is 5.97 Å². The molecule has 0 aliphatic carbocycles. The molecule has 0 saturated carbocycles. The third kappa shape index (κ3) is 2.53. The van der Waals surface area contributed by atoms with Gasteiger partial charge in [-0.1, -0.05) is 29.8 Å². The van der Waals surface area contributed by atoms with Crippen molar-refractivity contribution in [1.29, 1.82) is 0 Å². The number of carbonyl (C=O) groups is 1. The van der Waals surface area contributed by atoms with E-state index in [-0.39, 0.29) is 5.57 Å². The van der Waals surface area contributed by atoms with Crippen LogP contribution in [0.2, 0.25) is 5.02 Å². The van der Waals surface area contributed by atoms with Gasteiger partial charge in [-0.2, -0.15) is 0 Å². The molecule has 0 fully saturated rings. The Morgan fingerprint density at radius 2 is 2.05 bits per heavy atom. The SMILES string of the molecule is O=C(O)/C(=C\c1c[nH]c2ncccc12)c1ccccc1Cl. The number of nitrogens with zero attached hydrogens (tertiary/aromatic N) is 1. The van der Waals surface area contributed by atoms with Crippen molar-refractivity contribution in [3.8, 4) is 0 Å². The fourth-order valence-corrected chi connectivity index (χ4v) is 2.42. The molecule has 0 aliphatic rings. The number of halogens is 1. The van der Waals surface area contributed by atoms with Crippen molar-refractivity contribution in [2.24, 2.45) is 0 Å². The first-order valence-electron chi connectivity index (χ1n) is 6.29. The zero-order chi connectivity index (χ0) is 14.8. The summed E-state index contributed by atoms with van der Waals surface area (Å²) in [5, 5.41) is 10.7. The molecule has 0 spiro atoms. The minimum absolute atomic E-state index is 0.144. The van der Waals surface area contributed by atoms with Gasteiger partial charge in [0.05, 0.1) is 5.57 Å². The van der Waals surface area contributed by atoms with Gasteiger partial charge in [-0.15, -0.1) is 0 Å². The van der Waals surface area contributed by atoms with E-state index in [1.807, 2.05) is 12.1 Å². The van der Waals surface area contributed by atoms with Crippen molar-refractivity contribution in [2.75, 3.05) is 0 Å². The predicted octanol–water partition coefficient (Wildman–Crippen LogP) is 3.84.